The third-order valence-electron chi connectivity index (χ3n) is 5.32. The van der Waals surface area contributed by atoms with Crippen LogP contribution in [0, 0.1) is 23.7 Å². The lowest BCUT2D eigenvalue weighted by atomic mass is 10.0. The second kappa shape index (κ2) is 11.1. The molecule has 178 valence electrons. The van der Waals surface area contributed by atoms with Crippen molar-refractivity contribution in [2.75, 3.05) is 40.5 Å². The quantitative estimate of drug-likeness (QED) is 0.640. The summed E-state index contributed by atoms with van der Waals surface area (Å²) in [6.45, 7) is 7.53. The molecule has 1 N–H and O–H groups in total. The highest BCUT2D eigenvalue weighted by molar-refractivity contribution is 7.89. The molecule has 1 heterocycles. The van der Waals surface area contributed by atoms with Gasteiger partial charge < -0.3 is 19.5 Å². The van der Waals surface area contributed by atoms with E-state index in [1.54, 1.807) is 26.1 Å². The predicted octanol–water partition coefficient (Wildman–Crippen LogP) is 1.57. The van der Waals surface area contributed by atoms with Crippen LogP contribution in [0.4, 0.5) is 0 Å². The van der Waals surface area contributed by atoms with Crippen LogP contribution < -0.4 is 4.74 Å². The second-order valence-electron chi connectivity index (χ2n) is 8.53. The Hall–Kier alpha value is -2.12. The standard InChI is InChI=1S/C23H34N2O6S/c1-16(2)7-8-19-9-10-22-20(11-19)31-21(13-24(5)23(27)15-30-6)17(3)12-25(18(4)14-26)32(22,28)29/h9-11,16-18,21,26H,12-15H2,1-6H3/t17-,18+,21+/m1/s1. The molecule has 9 heteroatoms. The van der Waals surface area contributed by atoms with Gasteiger partial charge in [0.15, 0.2) is 0 Å². The first kappa shape index (κ1) is 26.1. The lowest BCUT2D eigenvalue weighted by Crippen LogP contribution is -2.50. The van der Waals surface area contributed by atoms with Crippen molar-refractivity contribution < 1.29 is 27.8 Å². The molecule has 0 aromatic heterocycles. The Kier molecular flexibility index (Phi) is 9.10. The van der Waals surface area contributed by atoms with Crippen molar-refractivity contribution in [1.29, 1.82) is 0 Å². The molecule has 0 saturated carbocycles. The minimum absolute atomic E-state index is 0.0238. The Morgan fingerprint density at radius 3 is 2.66 bits per heavy atom. The number of likely N-dealkylation sites (N-methyl/N-ethyl adjacent to an activating group) is 1. The maximum atomic E-state index is 13.4. The number of carbonyl (C=O) groups excluding carboxylic acids is 1. The van der Waals surface area contributed by atoms with Gasteiger partial charge in [0.2, 0.25) is 15.9 Å². The first-order chi connectivity index (χ1) is 15.0. The van der Waals surface area contributed by atoms with Crippen LogP contribution in [0.3, 0.4) is 0 Å². The lowest BCUT2D eigenvalue weighted by Gasteiger charge is -2.37. The first-order valence-corrected chi connectivity index (χ1v) is 12.1. The summed E-state index contributed by atoms with van der Waals surface area (Å²) in [6, 6.07) is 4.18. The molecule has 0 radical (unpaired) electrons. The van der Waals surface area contributed by atoms with E-state index in [4.69, 9.17) is 9.47 Å². The van der Waals surface area contributed by atoms with Crippen LogP contribution in [0.25, 0.3) is 0 Å². The highest BCUT2D eigenvalue weighted by atomic mass is 32.2. The molecule has 2 rings (SSSR count). The zero-order chi connectivity index (χ0) is 24.1. The molecule has 0 bridgehead atoms. The third-order valence-corrected chi connectivity index (χ3v) is 7.34. The smallest absolute Gasteiger partial charge is 0.248 e. The Bertz CT molecular complexity index is 966. The van der Waals surface area contributed by atoms with Crippen LogP contribution in [-0.4, -0.2) is 81.2 Å². The normalized spacial score (nSPS) is 21.4. The number of aliphatic hydroxyl groups is 1. The van der Waals surface area contributed by atoms with E-state index in [0.717, 1.165) is 0 Å². The van der Waals surface area contributed by atoms with Crippen molar-refractivity contribution in [2.45, 2.75) is 44.7 Å². The number of rotatable bonds is 6. The number of fused-ring (bicyclic) bond motifs is 1. The highest BCUT2D eigenvalue weighted by Gasteiger charge is 2.38. The van der Waals surface area contributed by atoms with E-state index in [0.29, 0.717) is 5.56 Å². The van der Waals surface area contributed by atoms with Crippen molar-refractivity contribution in [3.63, 3.8) is 0 Å². The fraction of sp³-hybridized carbons (Fsp3) is 0.609. The summed E-state index contributed by atoms with van der Waals surface area (Å²) in [6.07, 6.45) is -0.475. The molecule has 32 heavy (non-hydrogen) atoms. The van der Waals surface area contributed by atoms with Gasteiger partial charge in [-0.25, -0.2) is 8.42 Å². The van der Waals surface area contributed by atoms with Gasteiger partial charge in [-0.3, -0.25) is 4.79 Å². The number of amides is 1. The lowest BCUT2D eigenvalue weighted by molar-refractivity contribution is -0.135. The van der Waals surface area contributed by atoms with E-state index < -0.39 is 22.2 Å². The summed E-state index contributed by atoms with van der Waals surface area (Å²) in [5, 5.41) is 9.70. The predicted molar refractivity (Wildman–Crippen MR) is 122 cm³/mol. The largest absolute Gasteiger partial charge is 0.487 e. The molecule has 0 fully saturated rings. The number of nitrogens with zero attached hydrogens (tertiary/aromatic N) is 2. The molecule has 3 atom stereocenters. The first-order valence-electron chi connectivity index (χ1n) is 10.7. The summed E-state index contributed by atoms with van der Waals surface area (Å²) in [5.74, 6) is 6.02. The van der Waals surface area contributed by atoms with E-state index in [1.165, 1.54) is 22.4 Å². The molecule has 1 aromatic carbocycles. The van der Waals surface area contributed by atoms with Crippen LogP contribution in [0.1, 0.15) is 33.3 Å². The van der Waals surface area contributed by atoms with Gasteiger partial charge in [-0.1, -0.05) is 32.6 Å². The van der Waals surface area contributed by atoms with Crippen LogP contribution in [-0.2, 0) is 19.6 Å². The summed E-state index contributed by atoms with van der Waals surface area (Å²) >= 11 is 0. The fourth-order valence-corrected chi connectivity index (χ4v) is 5.18. The Labute approximate surface area is 191 Å². The van der Waals surface area contributed by atoms with Gasteiger partial charge in [0.25, 0.3) is 0 Å². The van der Waals surface area contributed by atoms with Crippen molar-refractivity contribution in [3.05, 3.63) is 23.8 Å². The van der Waals surface area contributed by atoms with Gasteiger partial charge in [-0.15, -0.1) is 0 Å². The van der Waals surface area contributed by atoms with Crippen molar-refractivity contribution >= 4 is 15.9 Å². The van der Waals surface area contributed by atoms with Gasteiger partial charge in [-0.2, -0.15) is 4.31 Å². The number of ether oxygens (including phenoxy) is 2. The Morgan fingerprint density at radius 2 is 2.06 bits per heavy atom. The number of hydrogen-bond acceptors (Lipinski definition) is 6. The molecular weight excluding hydrogens is 432 g/mol. The molecule has 0 aliphatic carbocycles. The molecule has 1 aliphatic heterocycles. The molecular formula is C23H34N2O6S. The number of hydrogen-bond donors (Lipinski definition) is 1. The van der Waals surface area contributed by atoms with E-state index in [1.807, 2.05) is 20.8 Å². The van der Waals surface area contributed by atoms with E-state index in [2.05, 4.69) is 11.8 Å². The zero-order valence-corrected chi connectivity index (χ0v) is 20.5. The van der Waals surface area contributed by atoms with Crippen molar-refractivity contribution in [2.24, 2.45) is 11.8 Å². The van der Waals surface area contributed by atoms with Gasteiger partial charge in [0, 0.05) is 44.1 Å². The maximum absolute atomic E-state index is 13.4. The van der Waals surface area contributed by atoms with Crippen LogP contribution >= 0.6 is 0 Å². The van der Waals surface area contributed by atoms with Crippen molar-refractivity contribution in [1.82, 2.24) is 9.21 Å². The summed E-state index contributed by atoms with van der Waals surface area (Å²) in [5.41, 5.74) is 0.644. The molecule has 1 amide bonds. The van der Waals surface area contributed by atoms with Crippen LogP contribution in [0.2, 0.25) is 0 Å². The molecule has 8 nitrogen and oxygen atoms in total. The zero-order valence-electron chi connectivity index (χ0n) is 19.7. The monoisotopic (exact) mass is 466 g/mol. The minimum atomic E-state index is -3.91. The summed E-state index contributed by atoms with van der Waals surface area (Å²) in [4.78, 5) is 13.8. The minimum Gasteiger partial charge on any atom is -0.487 e. The molecule has 1 aliphatic rings. The number of benzene rings is 1. The SMILES string of the molecule is COCC(=O)N(C)C[C@@H]1Oc2cc(C#CC(C)C)ccc2S(=O)(=O)N([C@@H](C)CO)C[C@H]1C. The summed E-state index contributed by atoms with van der Waals surface area (Å²) < 4.78 is 39.3. The molecule has 0 unspecified atom stereocenters. The topological polar surface area (TPSA) is 96.4 Å². The van der Waals surface area contributed by atoms with E-state index >= 15 is 0 Å². The maximum Gasteiger partial charge on any atom is 0.248 e. The Morgan fingerprint density at radius 1 is 1.38 bits per heavy atom. The van der Waals surface area contributed by atoms with Crippen molar-refractivity contribution in [3.8, 4) is 17.6 Å². The molecule has 0 spiro atoms. The third kappa shape index (κ3) is 6.23. The second-order valence-corrected chi connectivity index (χ2v) is 10.4. The van der Waals surface area contributed by atoms with E-state index in [-0.39, 0.29) is 54.7 Å². The average Bonchev–Trinajstić information content (AvgIpc) is 2.74. The molecule has 0 saturated heterocycles. The van der Waals surface area contributed by atoms with Gasteiger partial charge in [0.1, 0.15) is 23.4 Å². The fourth-order valence-electron chi connectivity index (χ4n) is 3.35. The van der Waals surface area contributed by atoms with Gasteiger partial charge >= 0.3 is 0 Å². The highest BCUT2D eigenvalue weighted by Crippen LogP contribution is 2.34. The van der Waals surface area contributed by atoms with Gasteiger partial charge in [0.05, 0.1) is 13.2 Å². The Balaban J connectivity index is 2.55. The molecule has 1 aromatic rings. The number of methoxy groups -OCH3 is 1. The number of aliphatic hydroxyl groups excluding tert-OH is 1. The number of sulfonamides is 1. The average molecular weight is 467 g/mol. The van der Waals surface area contributed by atoms with E-state index in [9.17, 15) is 18.3 Å². The number of carbonyl (C=O) groups is 1. The van der Waals surface area contributed by atoms with Crippen LogP contribution in [0.5, 0.6) is 5.75 Å². The van der Waals surface area contributed by atoms with Crippen LogP contribution in [0.15, 0.2) is 23.1 Å². The summed E-state index contributed by atoms with van der Waals surface area (Å²) in [7, 11) is -0.799. The van der Waals surface area contributed by atoms with Gasteiger partial charge in [-0.05, 0) is 25.1 Å².